The fourth-order valence-electron chi connectivity index (χ4n) is 0.792. The maximum absolute atomic E-state index is 10.2. The Morgan fingerprint density at radius 2 is 2.33 bits per heavy atom. The molecule has 1 aromatic carbocycles. The standard InChI is InChI=1S/C7H8ClNO2S/c8-7-3-1-2-6(4-7)5-9-12(10)11/h1-4,9H,5H2,(H,10,11). The van der Waals surface area contributed by atoms with Crippen LogP contribution in [-0.4, -0.2) is 8.76 Å². The molecule has 1 aromatic rings. The molecule has 0 aliphatic carbocycles. The highest BCUT2D eigenvalue weighted by Gasteiger charge is 1.95. The van der Waals surface area contributed by atoms with Crippen molar-refractivity contribution in [1.82, 2.24) is 4.72 Å². The first-order valence-electron chi connectivity index (χ1n) is 3.27. The molecule has 0 bridgehead atoms. The maximum Gasteiger partial charge on any atom is 0.232 e. The van der Waals surface area contributed by atoms with Gasteiger partial charge in [-0.3, -0.25) is 4.55 Å². The highest BCUT2D eigenvalue weighted by molar-refractivity contribution is 7.77. The van der Waals surface area contributed by atoms with Gasteiger partial charge in [0, 0.05) is 11.6 Å². The second kappa shape index (κ2) is 4.57. The summed E-state index contributed by atoms with van der Waals surface area (Å²) in [7, 11) is 0. The Balaban J connectivity index is 2.57. The van der Waals surface area contributed by atoms with E-state index in [2.05, 4.69) is 4.72 Å². The number of nitrogens with one attached hydrogen (secondary N) is 1. The molecule has 1 unspecified atom stereocenters. The van der Waals surface area contributed by atoms with Crippen LogP contribution in [0.15, 0.2) is 24.3 Å². The van der Waals surface area contributed by atoms with E-state index in [0.29, 0.717) is 11.6 Å². The van der Waals surface area contributed by atoms with Crippen molar-refractivity contribution in [3.05, 3.63) is 34.9 Å². The van der Waals surface area contributed by atoms with Crippen LogP contribution in [0.25, 0.3) is 0 Å². The normalized spacial score (nSPS) is 12.8. The molecule has 1 atom stereocenters. The van der Waals surface area contributed by atoms with E-state index in [0.717, 1.165) is 5.56 Å². The molecule has 0 fully saturated rings. The van der Waals surface area contributed by atoms with Gasteiger partial charge >= 0.3 is 0 Å². The van der Waals surface area contributed by atoms with Crippen LogP contribution in [0.3, 0.4) is 0 Å². The summed E-state index contributed by atoms with van der Waals surface area (Å²) in [5, 5.41) is 0.623. The van der Waals surface area contributed by atoms with Crippen molar-refractivity contribution in [3.8, 4) is 0 Å². The average Bonchev–Trinajstić information content (AvgIpc) is 2.01. The molecule has 5 heteroatoms. The van der Waals surface area contributed by atoms with Crippen LogP contribution in [0, 0.1) is 0 Å². The summed E-state index contributed by atoms with van der Waals surface area (Å²) in [6, 6.07) is 7.10. The SMILES string of the molecule is O=S(O)NCc1cccc(Cl)c1. The molecule has 66 valence electrons. The zero-order valence-corrected chi connectivity index (χ0v) is 7.73. The monoisotopic (exact) mass is 205 g/mol. The molecular formula is C7H8ClNO2S. The summed E-state index contributed by atoms with van der Waals surface area (Å²) in [5.74, 6) is 0. The van der Waals surface area contributed by atoms with E-state index in [1.807, 2.05) is 6.07 Å². The summed E-state index contributed by atoms with van der Waals surface area (Å²) >= 11 is 3.73. The first-order valence-corrected chi connectivity index (χ1v) is 4.76. The van der Waals surface area contributed by atoms with Gasteiger partial charge in [-0.15, -0.1) is 0 Å². The first-order chi connectivity index (χ1) is 5.68. The van der Waals surface area contributed by atoms with Crippen molar-refractivity contribution in [2.24, 2.45) is 0 Å². The van der Waals surface area contributed by atoms with Crippen LogP contribution in [0.5, 0.6) is 0 Å². The van der Waals surface area contributed by atoms with Crippen molar-refractivity contribution in [2.75, 3.05) is 0 Å². The van der Waals surface area contributed by atoms with Gasteiger partial charge in [0.1, 0.15) is 0 Å². The lowest BCUT2D eigenvalue weighted by molar-refractivity contribution is 0.548. The van der Waals surface area contributed by atoms with Gasteiger partial charge in [0.05, 0.1) is 0 Å². The van der Waals surface area contributed by atoms with Crippen molar-refractivity contribution in [2.45, 2.75) is 6.54 Å². The Kier molecular flexibility index (Phi) is 3.68. The highest BCUT2D eigenvalue weighted by Crippen LogP contribution is 2.09. The Morgan fingerprint density at radius 3 is 2.92 bits per heavy atom. The fraction of sp³-hybridized carbons (Fsp3) is 0.143. The molecule has 1 rings (SSSR count). The van der Waals surface area contributed by atoms with Crippen LogP contribution in [0.4, 0.5) is 0 Å². The minimum atomic E-state index is -1.97. The van der Waals surface area contributed by atoms with E-state index < -0.39 is 11.3 Å². The largest absolute Gasteiger partial charge is 0.294 e. The minimum Gasteiger partial charge on any atom is -0.294 e. The molecule has 0 saturated heterocycles. The molecule has 12 heavy (non-hydrogen) atoms. The van der Waals surface area contributed by atoms with Crippen LogP contribution in [0.1, 0.15) is 5.56 Å². The van der Waals surface area contributed by atoms with Gasteiger partial charge in [-0.25, -0.2) is 8.93 Å². The Hall–Kier alpha value is -0.420. The third kappa shape index (κ3) is 3.32. The number of hydrogen-bond donors (Lipinski definition) is 2. The summed E-state index contributed by atoms with van der Waals surface area (Å²) in [4.78, 5) is 0. The number of rotatable bonds is 3. The summed E-state index contributed by atoms with van der Waals surface area (Å²) in [6.07, 6.45) is 0. The first kappa shape index (κ1) is 9.67. The lowest BCUT2D eigenvalue weighted by atomic mass is 10.2. The number of benzene rings is 1. The van der Waals surface area contributed by atoms with E-state index in [4.69, 9.17) is 16.2 Å². The predicted octanol–water partition coefficient (Wildman–Crippen LogP) is 1.57. The van der Waals surface area contributed by atoms with Crippen LogP contribution < -0.4 is 4.72 Å². The summed E-state index contributed by atoms with van der Waals surface area (Å²) in [5.41, 5.74) is 0.880. The second-order valence-electron chi connectivity index (χ2n) is 2.20. The van der Waals surface area contributed by atoms with E-state index in [1.54, 1.807) is 18.2 Å². The van der Waals surface area contributed by atoms with Gasteiger partial charge in [-0.2, -0.15) is 0 Å². The van der Waals surface area contributed by atoms with Gasteiger partial charge in [-0.05, 0) is 17.7 Å². The van der Waals surface area contributed by atoms with Gasteiger partial charge in [0.15, 0.2) is 0 Å². The Labute approximate surface area is 78.2 Å². The molecule has 0 radical (unpaired) electrons. The number of halogens is 1. The number of hydrogen-bond acceptors (Lipinski definition) is 1. The third-order valence-electron chi connectivity index (χ3n) is 1.29. The third-order valence-corrected chi connectivity index (χ3v) is 1.92. The zero-order valence-electron chi connectivity index (χ0n) is 6.16. The molecule has 0 aromatic heterocycles. The van der Waals surface area contributed by atoms with Crippen molar-refractivity contribution < 1.29 is 8.76 Å². The van der Waals surface area contributed by atoms with Gasteiger partial charge in [0.25, 0.3) is 0 Å². The van der Waals surface area contributed by atoms with Crippen LogP contribution in [0.2, 0.25) is 5.02 Å². The lowest BCUT2D eigenvalue weighted by Crippen LogP contribution is -2.15. The molecule has 0 saturated carbocycles. The predicted molar refractivity (Wildman–Crippen MR) is 49.1 cm³/mol. The molecule has 0 aliphatic rings. The second-order valence-corrected chi connectivity index (χ2v) is 3.42. The van der Waals surface area contributed by atoms with E-state index >= 15 is 0 Å². The quantitative estimate of drug-likeness (QED) is 0.736. The fourth-order valence-corrected chi connectivity index (χ4v) is 1.30. The van der Waals surface area contributed by atoms with Crippen molar-refractivity contribution in [1.29, 1.82) is 0 Å². The van der Waals surface area contributed by atoms with E-state index in [1.165, 1.54) is 0 Å². The smallest absolute Gasteiger partial charge is 0.232 e. The zero-order chi connectivity index (χ0) is 8.97. The minimum absolute atomic E-state index is 0.337. The maximum atomic E-state index is 10.2. The van der Waals surface area contributed by atoms with Crippen molar-refractivity contribution >= 4 is 22.9 Å². The van der Waals surface area contributed by atoms with Gasteiger partial charge in [0.2, 0.25) is 11.3 Å². The van der Waals surface area contributed by atoms with Gasteiger partial charge in [-0.1, -0.05) is 23.7 Å². The average molecular weight is 206 g/mol. The molecule has 3 nitrogen and oxygen atoms in total. The Bertz CT molecular complexity index is 292. The molecule has 0 amide bonds. The Morgan fingerprint density at radius 1 is 1.58 bits per heavy atom. The molecule has 0 aliphatic heterocycles. The topological polar surface area (TPSA) is 49.3 Å². The molecule has 2 N–H and O–H groups in total. The lowest BCUT2D eigenvalue weighted by Gasteiger charge is -1.99. The van der Waals surface area contributed by atoms with E-state index in [9.17, 15) is 4.21 Å². The van der Waals surface area contributed by atoms with E-state index in [-0.39, 0.29) is 0 Å². The van der Waals surface area contributed by atoms with Crippen LogP contribution >= 0.6 is 11.6 Å². The molecule has 0 spiro atoms. The van der Waals surface area contributed by atoms with Crippen molar-refractivity contribution in [3.63, 3.8) is 0 Å². The molecular weight excluding hydrogens is 198 g/mol. The van der Waals surface area contributed by atoms with Gasteiger partial charge < -0.3 is 0 Å². The van der Waals surface area contributed by atoms with Crippen LogP contribution in [-0.2, 0) is 17.8 Å². The summed E-state index contributed by atoms with van der Waals surface area (Å²) < 4.78 is 21.0. The highest BCUT2D eigenvalue weighted by atomic mass is 35.5. The summed E-state index contributed by atoms with van der Waals surface area (Å²) in [6.45, 7) is 0.337. The molecule has 0 heterocycles.